The zero-order valence-electron chi connectivity index (χ0n) is 12.8. The lowest BCUT2D eigenvalue weighted by atomic mass is 10.0. The molecule has 1 heterocycles. The maximum Gasteiger partial charge on any atom is 0.0634 e. The van der Waals surface area contributed by atoms with Crippen molar-refractivity contribution < 1.29 is 4.74 Å². The molecule has 0 saturated carbocycles. The summed E-state index contributed by atoms with van der Waals surface area (Å²) in [5, 5.41) is 3.60. The van der Waals surface area contributed by atoms with Gasteiger partial charge in [-0.25, -0.2) is 0 Å². The standard InChI is InChI=1S/C15H32N2O/c1-5-6-11-17(12-9-15(2,3)18-4)13-14-8-7-10-16-14/h14,16H,5-13H2,1-4H3. The molecule has 0 spiro atoms. The lowest BCUT2D eigenvalue weighted by Crippen LogP contribution is -2.40. The second kappa shape index (κ2) is 8.13. The minimum Gasteiger partial charge on any atom is -0.379 e. The van der Waals surface area contributed by atoms with Crippen LogP contribution in [-0.2, 0) is 4.74 Å². The van der Waals surface area contributed by atoms with Gasteiger partial charge in [0.2, 0.25) is 0 Å². The second-order valence-electron chi connectivity index (χ2n) is 6.16. The zero-order chi connectivity index (χ0) is 13.4. The molecule has 0 aromatic carbocycles. The first kappa shape index (κ1) is 15.9. The monoisotopic (exact) mass is 256 g/mol. The van der Waals surface area contributed by atoms with Gasteiger partial charge in [0.1, 0.15) is 0 Å². The number of hydrogen-bond acceptors (Lipinski definition) is 3. The van der Waals surface area contributed by atoms with Crippen LogP contribution in [0.1, 0.15) is 52.9 Å². The van der Waals surface area contributed by atoms with E-state index in [9.17, 15) is 0 Å². The molecule has 0 bridgehead atoms. The molecule has 1 fully saturated rings. The third kappa shape index (κ3) is 6.17. The number of unbranched alkanes of at least 4 members (excludes halogenated alkanes) is 1. The van der Waals surface area contributed by atoms with E-state index in [1.807, 2.05) is 7.11 Å². The van der Waals surface area contributed by atoms with Gasteiger partial charge >= 0.3 is 0 Å². The first-order valence-electron chi connectivity index (χ1n) is 7.58. The van der Waals surface area contributed by atoms with Crippen molar-refractivity contribution in [1.82, 2.24) is 10.2 Å². The van der Waals surface area contributed by atoms with E-state index >= 15 is 0 Å². The SMILES string of the molecule is CCCCN(CCC(C)(C)OC)CC1CCCN1. The fourth-order valence-electron chi connectivity index (χ4n) is 2.43. The van der Waals surface area contributed by atoms with Gasteiger partial charge in [0.05, 0.1) is 5.60 Å². The summed E-state index contributed by atoms with van der Waals surface area (Å²) < 4.78 is 5.52. The molecular formula is C15H32N2O. The van der Waals surface area contributed by atoms with E-state index in [-0.39, 0.29) is 5.60 Å². The fraction of sp³-hybridized carbons (Fsp3) is 1.00. The highest BCUT2D eigenvalue weighted by atomic mass is 16.5. The smallest absolute Gasteiger partial charge is 0.0634 e. The average Bonchev–Trinajstić information content (AvgIpc) is 2.85. The summed E-state index contributed by atoms with van der Waals surface area (Å²) in [6.45, 7) is 11.4. The molecule has 1 N–H and O–H groups in total. The van der Waals surface area contributed by atoms with E-state index in [1.165, 1.54) is 45.3 Å². The molecule has 0 amide bonds. The van der Waals surface area contributed by atoms with E-state index < -0.39 is 0 Å². The second-order valence-corrected chi connectivity index (χ2v) is 6.16. The summed E-state index contributed by atoms with van der Waals surface area (Å²) in [7, 11) is 1.81. The van der Waals surface area contributed by atoms with E-state index in [2.05, 4.69) is 31.0 Å². The Morgan fingerprint density at radius 2 is 2.11 bits per heavy atom. The molecule has 1 aliphatic rings. The van der Waals surface area contributed by atoms with Crippen molar-refractivity contribution in [2.24, 2.45) is 0 Å². The average molecular weight is 256 g/mol. The predicted molar refractivity (Wildman–Crippen MR) is 78.1 cm³/mol. The van der Waals surface area contributed by atoms with Gasteiger partial charge in [-0.3, -0.25) is 0 Å². The quantitative estimate of drug-likeness (QED) is 0.686. The first-order valence-corrected chi connectivity index (χ1v) is 7.58. The van der Waals surface area contributed by atoms with Gasteiger partial charge in [-0.2, -0.15) is 0 Å². The van der Waals surface area contributed by atoms with Crippen LogP contribution < -0.4 is 5.32 Å². The summed E-state index contributed by atoms with van der Waals surface area (Å²) in [4.78, 5) is 2.62. The third-order valence-corrected chi connectivity index (χ3v) is 4.05. The van der Waals surface area contributed by atoms with Crippen molar-refractivity contribution >= 4 is 0 Å². The Labute approximate surface area is 113 Å². The van der Waals surface area contributed by atoms with E-state index in [1.54, 1.807) is 0 Å². The Balaban J connectivity index is 2.34. The van der Waals surface area contributed by atoms with Gasteiger partial charge in [-0.1, -0.05) is 13.3 Å². The van der Waals surface area contributed by atoms with Gasteiger partial charge in [-0.05, 0) is 52.6 Å². The van der Waals surface area contributed by atoms with Gasteiger partial charge in [-0.15, -0.1) is 0 Å². The molecular weight excluding hydrogens is 224 g/mol. The van der Waals surface area contributed by atoms with Crippen LogP contribution in [0, 0.1) is 0 Å². The van der Waals surface area contributed by atoms with Crippen LogP contribution in [0.25, 0.3) is 0 Å². The number of ether oxygens (including phenoxy) is 1. The van der Waals surface area contributed by atoms with Crippen LogP contribution in [0.4, 0.5) is 0 Å². The molecule has 3 heteroatoms. The molecule has 18 heavy (non-hydrogen) atoms. The van der Waals surface area contributed by atoms with E-state index in [4.69, 9.17) is 4.74 Å². The molecule has 3 nitrogen and oxygen atoms in total. The lowest BCUT2D eigenvalue weighted by molar-refractivity contribution is 0.00679. The number of nitrogens with zero attached hydrogens (tertiary/aromatic N) is 1. The fourth-order valence-corrected chi connectivity index (χ4v) is 2.43. The summed E-state index contributed by atoms with van der Waals surface area (Å²) in [5.41, 5.74) is 0.00751. The van der Waals surface area contributed by atoms with Gasteiger partial charge in [0.15, 0.2) is 0 Å². The topological polar surface area (TPSA) is 24.5 Å². The van der Waals surface area contributed by atoms with Gasteiger partial charge in [0, 0.05) is 26.2 Å². The Morgan fingerprint density at radius 3 is 2.67 bits per heavy atom. The van der Waals surface area contributed by atoms with Crippen molar-refractivity contribution in [2.75, 3.05) is 33.3 Å². The molecule has 1 saturated heterocycles. The van der Waals surface area contributed by atoms with Crippen molar-refractivity contribution in [2.45, 2.75) is 64.5 Å². The summed E-state index contributed by atoms with van der Waals surface area (Å²) in [6.07, 6.45) is 6.38. The minimum atomic E-state index is 0.00751. The van der Waals surface area contributed by atoms with Gasteiger partial charge in [0.25, 0.3) is 0 Å². The molecule has 108 valence electrons. The summed E-state index contributed by atoms with van der Waals surface area (Å²) >= 11 is 0. The van der Waals surface area contributed by atoms with Crippen molar-refractivity contribution in [3.05, 3.63) is 0 Å². The molecule has 0 aromatic heterocycles. The van der Waals surface area contributed by atoms with Crippen LogP contribution >= 0.6 is 0 Å². The largest absolute Gasteiger partial charge is 0.379 e. The van der Waals surface area contributed by atoms with Crippen molar-refractivity contribution in [1.29, 1.82) is 0 Å². The molecule has 1 atom stereocenters. The lowest BCUT2D eigenvalue weighted by Gasteiger charge is -2.30. The number of methoxy groups -OCH3 is 1. The van der Waals surface area contributed by atoms with Crippen LogP contribution in [-0.4, -0.2) is 49.8 Å². The highest BCUT2D eigenvalue weighted by Crippen LogP contribution is 2.15. The maximum atomic E-state index is 5.52. The van der Waals surface area contributed by atoms with E-state index in [0.717, 1.165) is 13.0 Å². The molecule has 1 aliphatic heterocycles. The van der Waals surface area contributed by atoms with Gasteiger partial charge < -0.3 is 15.0 Å². The Bertz CT molecular complexity index is 213. The summed E-state index contributed by atoms with van der Waals surface area (Å²) in [5.74, 6) is 0. The predicted octanol–water partition coefficient (Wildman–Crippen LogP) is 2.66. The van der Waals surface area contributed by atoms with Crippen LogP contribution in [0.15, 0.2) is 0 Å². The number of nitrogens with one attached hydrogen (secondary N) is 1. The third-order valence-electron chi connectivity index (χ3n) is 4.05. The maximum absolute atomic E-state index is 5.52. The molecule has 0 aromatic rings. The zero-order valence-corrected chi connectivity index (χ0v) is 12.8. The highest BCUT2D eigenvalue weighted by molar-refractivity contribution is 4.79. The molecule has 1 unspecified atom stereocenters. The number of rotatable bonds is 9. The highest BCUT2D eigenvalue weighted by Gasteiger charge is 2.21. The van der Waals surface area contributed by atoms with E-state index in [0.29, 0.717) is 6.04 Å². The molecule has 0 aliphatic carbocycles. The Morgan fingerprint density at radius 1 is 1.33 bits per heavy atom. The Kier molecular flexibility index (Phi) is 7.20. The van der Waals surface area contributed by atoms with Crippen LogP contribution in [0.3, 0.4) is 0 Å². The Hall–Kier alpha value is -0.120. The van der Waals surface area contributed by atoms with Crippen molar-refractivity contribution in [3.63, 3.8) is 0 Å². The van der Waals surface area contributed by atoms with Crippen LogP contribution in [0.5, 0.6) is 0 Å². The molecule has 1 rings (SSSR count). The first-order chi connectivity index (χ1) is 8.57. The molecule has 0 radical (unpaired) electrons. The number of hydrogen-bond donors (Lipinski definition) is 1. The summed E-state index contributed by atoms with van der Waals surface area (Å²) in [6, 6.07) is 0.715. The van der Waals surface area contributed by atoms with Crippen molar-refractivity contribution in [3.8, 4) is 0 Å². The van der Waals surface area contributed by atoms with Crippen LogP contribution in [0.2, 0.25) is 0 Å². The minimum absolute atomic E-state index is 0.00751. The normalized spacial score (nSPS) is 20.8.